The van der Waals surface area contributed by atoms with E-state index in [0.29, 0.717) is 19.3 Å². The molecule has 7 N–H and O–H groups in total. The van der Waals surface area contributed by atoms with Gasteiger partial charge in [0, 0.05) is 18.8 Å². The number of hydrogen-bond donors (Lipinski definition) is 7. The Labute approximate surface area is 368 Å². The molecule has 62 heavy (non-hydrogen) atoms. The van der Waals surface area contributed by atoms with Crippen molar-refractivity contribution in [1.82, 2.24) is 0 Å². The number of allylic oxidation sites excluding steroid dienone is 9. The summed E-state index contributed by atoms with van der Waals surface area (Å²) in [6, 6.07) is 0. The maximum absolute atomic E-state index is 12.8. The summed E-state index contributed by atoms with van der Waals surface area (Å²) in [5.74, 6) is -2.12. The van der Waals surface area contributed by atoms with Crippen LogP contribution >= 0.6 is 15.6 Å². The highest BCUT2D eigenvalue weighted by Crippen LogP contribution is 2.44. The molecule has 8 atom stereocenters. The molecule has 0 aliphatic heterocycles. The molecule has 1 fully saturated rings. The van der Waals surface area contributed by atoms with Crippen LogP contribution in [0.2, 0.25) is 0 Å². The highest BCUT2D eigenvalue weighted by atomic mass is 31.2. The first kappa shape index (κ1) is 57.5. The van der Waals surface area contributed by atoms with Crippen molar-refractivity contribution >= 4 is 27.6 Å². The average Bonchev–Trinajstić information content (AvgIpc) is 3.49. The van der Waals surface area contributed by atoms with Gasteiger partial charge in [0.25, 0.3) is 0 Å². The second kappa shape index (κ2) is 34.8. The quantitative estimate of drug-likeness (QED) is 0.0140. The first-order valence-electron chi connectivity index (χ1n) is 21.9. The van der Waals surface area contributed by atoms with Gasteiger partial charge in [-0.1, -0.05) is 119 Å². The minimum atomic E-state index is -4.91. The van der Waals surface area contributed by atoms with E-state index >= 15 is 0 Å². The van der Waals surface area contributed by atoms with Crippen molar-refractivity contribution in [3.05, 3.63) is 72.9 Å². The van der Waals surface area contributed by atoms with E-state index in [2.05, 4.69) is 71.5 Å². The molecule has 1 unspecified atom stereocenters. The van der Waals surface area contributed by atoms with Gasteiger partial charge in [0.1, 0.15) is 12.7 Å². The van der Waals surface area contributed by atoms with Gasteiger partial charge < -0.3 is 44.6 Å². The number of aliphatic hydroxyl groups excluding tert-OH is 4. The minimum Gasteiger partial charge on any atom is -0.462 e. The van der Waals surface area contributed by atoms with Gasteiger partial charge in [0.15, 0.2) is 6.10 Å². The fraction of sp³-hybridized carbons (Fsp3) is 0.682. The molecule has 1 rings (SSSR count). The lowest BCUT2D eigenvalue weighted by Gasteiger charge is -2.20. The van der Waals surface area contributed by atoms with Crippen LogP contribution in [0.25, 0.3) is 0 Å². The van der Waals surface area contributed by atoms with Gasteiger partial charge >= 0.3 is 27.6 Å². The Hall–Kier alpha value is -2.56. The predicted molar refractivity (Wildman–Crippen MR) is 236 cm³/mol. The third kappa shape index (κ3) is 31.3. The lowest BCUT2D eigenvalue weighted by Crippen LogP contribution is -2.29. The van der Waals surface area contributed by atoms with E-state index in [1.54, 1.807) is 18.2 Å². The first-order valence-corrected chi connectivity index (χ1v) is 24.9. The number of rotatable bonds is 36. The van der Waals surface area contributed by atoms with E-state index < -0.39 is 90.4 Å². The summed E-state index contributed by atoms with van der Waals surface area (Å²) in [7, 11) is -9.82. The fourth-order valence-electron chi connectivity index (χ4n) is 6.31. The zero-order valence-corrected chi connectivity index (χ0v) is 38.3. The fourth-order valence-corrected chi connectivity index (χ4v) is 7.47. The number of phosphoric acid groups is 2. The van der Waals surface area contributed by atoms with Crippen molar-refractivity contribution in [1.29, 1.82) is 0 Å². The number of hydrogen-bond acceptors (Lipinski definition) is 13. The average molecular weight is 921 g/mol. The summed E-state index contributed by atoms with van der Waals surface area (Å²) in [5, 5.41) is 41.2. The van der Waals surface area contributed by atoms with Crippen LogP contribution in [0.3, 0.4) is 0 Å². The molecule has 1 aliphatic carbocycles. The lowest BCUT2D eigenvalue weighted by molar-refractivity contribution is -0.160. The Kier molecular flexibility index (Phi) is 32.2. The summed E-state index contributed by atoms with van der Waals surface area (Å²) in [6.07, 6.45) is 30.3. The largest absolute Gasteiger partial charge is 0.472 e. The Bertz CT molecular complexity index is 1490. The molecule has 0 heterocycles. The van der Waals surface area contributed by atoms with E-state index in [-0.39, 0.29) is 25.2 Å². The number of esters is 2. The van der Waals surface area contributed by atoms with E-state index in [4.69, 9.17) is 23.8 Å². The summed E-state index contributed by atoms with van der Waals surface area (Å²) >= 11 is 0. The molecule has 356 valence electrons. The number of carbonyl (C=O) groups excluding carboxylic acids is 2. The second-order valence-electron chi connectivity index (χ2n) is 15.2. The molecule has 0 aromatic heterocycles. The van der Waals surface area contributed by atoms with Gasteiger partial charge in [-0.2, -0.15) is 0 Å². The molecule has 0 radical (unpaired) electrons. The van der Waals surface area contributed by atoms with Crippen LogP contribution in [0.15, 0.2) is 72.9 Å². The summed E-state index contributed by atoms with van der Waals surface area (Å²) < 4.78 is 47.7. The molecule has 0 aromatic rings. The number of ether oxygens (including phenoxy) is 2. The van der Waals surface area contributed by atoms with Crippen molar-refractivity contribution in [2.24, 2.45) is 11.8 Å². The van der Waals surface area contributed by atoms with Gasteiger partial charge in [-0.05, 0) is 63.7 Å². The normalized spacial score (nSPS) is 21.2. The highest BCUT2D eigenvalue weighted by molar-refractivity contribution is 7.47. The van der Waals surface area contributed by atoms with Crippen LogP contribution < -0.4 is 0 Å². The number of unbranched alkanes of at least 4 members (excludes halogenated alkanes) is 6. The Morgan fingerprint density at radius 3 is 1.98 bits per heavy atom. The zero-order chi connectivity index (χ0) is 46.1. The molecule has 1 saturated carbocycles. The van der Waals surface area contributed by atoms with E-state index in [1.807, 2.05) is 0 Å². The maximum Gasteiger partial charge on any atom is 0.472 e. The highest BCUT2D eigenvalue weighted by Gasteiger charge is 2.39. The Morgan fingerprint density at radius 2 is 1.32 bits per heavy atom. The molecule has 18 heteroatoms. The summed E-state index contributed by atoms with van der Waals surface area (Å²) in [6.45, 7) is 1.12. The van der Waals surface area contributed by atoms with Gasteiger partial charge in [-0.15, -0.1) is 0 Å². The van der Waals surface area contributed by atoms with Gasteiger partial charge in [0.05, 0.1) is 44.6 Å². The predicted octanol–water partition coefficient (Wildman–Crippen LogP) is 7.38. The lowest BCUT2D eigenvalue weighted by atomic mass is 9.89. The molecule has 0 bridgehead atoms. The molecule has 0 amide bonds. The first-order chi connectivity index (χ1) is 29.6. The van der Waals surface area contributed by atoms with Crippen LogP contribution in [0.5, 0.6) is 0 Å². The van der Waals surface area contributed by atoms with Crippen molar-refractivity contribution < 1.29 is 76.9 Å². The third-order valence-electron chi connectivity index (χ3n) is 9.67. The van der Waals surface area contributed by atoms with E-state index in [9.17, 15) is 44.0 Å². The van der Waals surface area contributed by atoms with Gasteiger partial charge in [0.2, 0.25) is 0 Å². The molecule has 0 aromatic carbocycles. The van der Waals surface area contributed by atoms with Crippen molar-refractivity contribution in [3.63, 3.8) is 0 Å². The Morgan fingerprint density at radius 1 is 0.694 bits per heavy atom. The van der Waals surface area contributed by atoms with Gasteiger partial charge in [-0.3, -0.25) is 23.2 Å². The monoisotopic (exact) mass is 920 g/mol. The SMILES string of the molecule is CC/C=C\C/C=C\C/C=C\C/C=C\CCCCCCC(=O)OC[C@H](COP(=O)(O)OC[C@@H](O)COP(=O)(O)O)OC(=O)C/C=C\C[C@H]1[C@@H](/C=C/[C@H](O)CCCCC)[C@H](O)C[C@@H]1O. The number of aliphatic hydroxyl groups is 4. The second-order valence-corrected chi connectivity index (χ2v) is 17.9. The van der Waals surface area contributed by atoms with Crippen LogP contribution in [0, 0.1) is 11.8 Å². The summed E-state index contributed by atoms with van der Waals surface area (Å²) in [5.41, 5.74) is 0. The van der Waals surface area contributed by atoms with Gasteiger partial charge in [-0.25, -0.2) is 9.13 Å². The van der Waals surface area contributed by atoms with Crippen LogP contribution in [0.1, 0.15) is 123 Å². The zero-order valence-electron chi connectivity index (χ0n) is 36.5. The molecular formula is C44H74O16P2. The minimum absolute atomic E-state index is 0.0973. The van der Waals surface area contributed by atoms with Crippen LogP contribution in [-0.2, 0) is 41.8 Å². The Balaban J connectivity index is 2.64. The van der Waals surface area contributed by atoms with Crippen molar-refractivity contribution in [3.8, 4) is 0 Å². The standard InChI is InChI=1S/C44H74O16P2/c1-3-5-7-8-9-10-11-12-13-14-15-16-17-18-19-20-22-27-43(49)56-34-38(35-59-62(54,55)58-33-37(46)32-57-61(51,52)53)60-44(50)28-24-23-26-39-40(42(48)31-41(39)47)30-29-36(45)25-21-6-4-2/h5,7,9-10,12-13,15-16,23-24,29-30,36-42,45-48H,3-4,6,8,11,14,17-22,25-28,31-35H2,1-2H3,(H,54,55)(H2,51,52,53)/b7-5-,10-9-,13-12-,16-15-,24-23-,30-29+/t36-,37+,38-,39+,40-,41+,42-/m1/s1. The molecule has 0 saturated heterocycles. The third-order valence-corrected chi connectivity index (χ3v) is 11.1. The topological polar surface area (TPSA) is 256 Å². The smallest absolute Gasteiger partial charge is 0.462 e. The molecule has 16 nitrogen and oxygen atoms in total. The van der Waals surface area contributed by atoms with Crippen LogP contribution in [-0.4, -0.2) is 104 Å². The van der Waals surface area contributed by atoms with E-state index in [1.165, 1.54) is 6.08 Å². The maximum atomic E-state index is 12.8. The van der Waals surface area contributed by atoms with Crippen LogP contribution in [0.4, 0.5) is 0 Å². The molecular weight excluding hydrogens is 846 g/mol. The van der Waals surface area contributed by atoms with E-state index in [0.717, 1.165) is 70.6 Å². The van der Waals surface area contributed by atoms with Crippen molar-refractivity contribution in [2.45, 2.75) is 154 Å². The molecule has 0 spiro atoms. The molecule has 1 aliphatic rings. The number of carbonyl (C=O) groups is 2. The summed E-state index contributed by atoms with van der Waals surface area (Å²) in [4.78, 5) is 53.0. The number of phosphoric ester groups is 2. The van der Waals surface area contributed by atoms with Crippen molar-refractivity contribution in [2.75, 3.05) is 26.4 Å².